The molecular weight excluding hydrogens is 200 g/mol. The quantitative estimate of drug-likeness (QED) is 0.530. The highest BCUT2D eigenvalue weighted by molar-refractivity contribution is 5.07. The average Bonchev–Trinajstić information content (AvgIpc) is 2.06. The molecule has 0 N–H and O–H groups in total. The summed E-state index contributed by atoms with van der Waals surface area (Å²) in [6, 6.07) is 0. The van der Waals surface area contributed by atoms with Crippen LogP contribution >= 0.6 is 0 Å². The summed E-state index contributed by atoms with van der Waals surface area (Å²) in [5.41, 5.74) is 0.290. The lowest BCUT2D eigenvalue weighted by atomic mass is 9.98. The second-order valence-electron chi connectivity index (χ2n) is 6.22. The summed E-state index contributed by atoms with van der Waals surface area (Å²) in [6.07, 6.45) is 0. The minimum atomic E-state index is 0.0616. The van der Waals surface area contributed by atoms with Gasteiger partial charge in [0.2, 0.25) is 0 Å². The molecule has 0 heterocycles. The Balaban J connectivity index is 3.38. The van der Waals surface area contributed by atoms with Gasteiger partial charge in [-0.2, -0.15) is 0 Å². The van der Waals surface area contributed by atoms with Crippen LogP contribution in [-0.2, 0) is 9.47 Å². The largest absolute Gasteiger partial charge is 0.379 e. The van der Waals surface area contributed by atoms with E-state index in [-0.39, 0.29) is 10.8 Å². The molecule has 0 saturated carbocycles. The van der Waals surface area contributed by atoms with E-state index in [1.165, 1.54) is 0 Å². The summed E-state index contributed by atoms with van der Waals surface area (Å²) >= 11 is 0. The van der Waals surface area contributed by atoms with Gasteiger partial charge in [0.25, 0.3) is 0 Å². The van der Waals surface area contributed by atoms with Gasteiger partial charge in [-0.15, -0.1) is 0 Å². The first-order chi connectivity index (χ1) is 7.21. The van der Waals surface area contributed by atoms with Crippen molar-refractivity contribution in [1.82, 2.24) is 0 Å². The first kappa shape index (κ1) is 15.5. The number of ether oxygens (including phenoxy) is 2. The van der Waals surface area contributed by atoms with Crippen LogP contribution < -0.4 is 0 Å². The van der Waals surface area contributed by atoms with E-state index in [9.17, 15) is 0 Å². The Morgan fingerprint density at radius 1 is 0.875 bits per heavy atom. The fourth-order valence-electron chi connectivity index (χ4n) is 0.921. The van der Waals surface area contributed by atoms with E-state index in [2.05, 4.69) is 53.4 Å². The molecule has 94 valence electrons. The predicted octanol–water partition coefficient (Wildman–Crippen LogP) is 3.12. The minimum Gasteiger partial charge on any atom is -0.379 e. The van der Waals surface area contributed by atoms with Gasteiger partial charge in [-0.05, 0) is 26.2 Å². The summed E-state index contributed by atoms with van der Waals surface area (Å²) in [5.74, 6) is 6.13. The third-order valence-corrected chi connectivity index (χ3v) is 1.54. The highest BCUT2D eigenvalue weighted by atomic mass is 16.5. The molecule has 0 atom stereocenters. The zero-order chi connectivity index (χ0) is 12.7. The highest BCUT2D eigenvalue weighted by Gasteiger charge is 2.09. The maximum Gasteiger partial charge on any atom is 0.107 e. The van der Waals surface area contributed by atoms with Crippen LogP contribution in [0.3, 0.4) is 0 Å². The van der Waals surface area contributed by atoms with Gasteiger partial charge in [0.05, 0.1) is 19.8 Å². The minimum absolute atomic E-state index is 0.0616. The van der Waals surface area contributed by atoms with E-state index in [4.69, 9.17) is 9.47 Å². The van der Waals surface area contributed by atoms with Gasteiger partial charge in [-0.1, -0.05) is 32.6 Å². The normalized spacial score (nSPS) is 12.1. The van der Waals surface area contributed by atoms with E-state index in [1.54, 1.807) is 0 Å². The maximum atomic E-state index is 5.47. The van der Waals surface area contributed by atoms with Crippen molar-refractivity contribution < 1.29 is 9.47 Å². The van der Waals surface area contributed by atoms with Crippen LogP contribution in [0.5, 0.6) is 0 Å². The Kier molecular flexibility index (Phi) is 6.71. The molecule has 2 nitrogen and oxygen atoms in total. The van der Waals surface area contributed by atoms with Crippen LogP contribution in [0.25, 0.3) is 0 Å². The monoisotopic (exact) mass is 226 g/mol. The van der Waals surface area contributed by atoms with Gasteiger partial charge in [0.15, 0.2) is 0 Å². The van der Waals surface area contributed by atoms with Gasteiger partial charge in [0, 0.05) is 5.41 Å². The summed E-state index contributed by atoms with van der Waals surface area (Å²) in [6.45, 7) is 15.3. The maximum absolute atomic E-state index is 5.47. The Morgan fingerprint density at radius 3 is 1.94 bits per heavy atom. The van der Waals surface area contributed by atoms with Crippen molar-refractivity contribution in [3.63, 3.8) is 0 Å². The predicted molar refractivity (Wildman–Crippen MR) is 68.3 cm³/mol. The van der Waals surface area contributed by atoms with E-state index in [0.717, 1.165) is 6.61 Å². The Labute approximate surface area is 101 Å². The van der Waals surface area contributed by atoms with Crippen molar-refractivity contribution in [3.05, 3.63) is 0 Å². The van der Waals surface area contributed by atoms with Crippen LogP contribution in [0.15, 0.2) is 0 Å². The molecule has 0 rings (SSSR count). The molecule has 0 aliphatic heterocycles. The Morgan fingerprint density at radius 2 is 1.44 bits per heavy atom. The van der Waals surface area contributed by atoms with Crippen LogP contribution in [0.1, 0.15) is 41.5 Å². The molecule has 0 aliphatic carbocycles. The van der Waals surface area contributed by atoms with Crippen LogP contribution in [0.2, 0.25) is 0 Å². The summed E-state index contributed by atoms with van der Waals surface area (Å²) in [5, 5.41) is 0. The standard InChI is InChI=1S/C14H26O2/c1-13(2,3)8-7-9-15-10-11-16-12-14(4,5)6/h9-12H2,1-6H3. The number of hydrogen-bond donors (Lipinski definition) is 0. The van der Waals surface area contributed by atoms with Crippen molar-refractivity contribution in [2.24, 2.45) is 10.8 Å². The van der Waals surface area contributed by atoms with Crippen molar-refractivity contribution >= 4 is 0 Å². The average molecular weight is 226 g/mol. The van der Waals surface area contributed by atoms with E-state index >= 15 is 0 Å². The van der Waals surface area contributed by atoms with Crippen LogP contribution in [-0.4, -0.2) is 26.4 Å². The summed E-state index contributed by atoms with van der Waals surface area (Å²) in [7, 11) is 0. The third-order valence-electron chi connectivity index (χ3n) is 1.54. The summed E-state index contributed by atoms with van der Waals surface area (Å²) < 4.78 is 10.8. The van der Waals surface area contributed by atoms with Crippen molar-refractivity contribution in [2.45, 2.75) is 41.5 Å². The van der Waals surface area contributed by atoms with Gasteiger partial charge in [0.1, 0.15) is 6.61 Å². The van der Waals surface area contributed by atoms with Gasteiger partial charge in [-0.25, -0.2) is 0 Å². The first-order valence-corrected chi connectivity index (χ1v) is 5.86. The highest BCUT2D eigenvalue weighted by Crippen LogP contribution is 2.12. The molecule has 0 spiro atoms. The molecule has 0 aromatic carbocycles. The van der Waals surface area contributed by atoms with E-state index in [0.29, 0.717) is 19.8 Å². The lowest BCUT2D eigenvalue weighted by molar-refractivity contribution is 0.0271. The van der Waals surface area contributed by atoms with E-state index in [1.807, 2.05) is 0 Å². The molecule has 0 aliphatic rings. The first-order valence-electron chi connectivity index (χ1n) is 5.86. The SMILES string of the molecule is CC(C)(C)C#CCOCCOCC(C)(C)C. The topological polar surface area (TPSA) is 18.5 Å². The molecule has 2 heteroatoms. The molecule has 0 amide bonds. The molecule has 0 fully saturated rings. The number of hydrogen-bond acceptors (Lipinski definition) is 2. The number of rotatable bonds is 5. The molecule has 0 bridgehead atoms. The molecule has 0 saturated heterocycles. The molecule has 0 unspecified atom stereocenters. The molecule has 0 radical (unpaired) electrons. The van der Waals surface area contributed by atoms with Crippen LogP contribution in [0, 0.1) is 22.7 Å². The Hall–Kier alpha value is -0.520. The lowest BCUT2D eigenvalue weighted by Gasteiger charge is -2.17. The molecular formula is C14H26O2. The second kappa shape index (κ2) is 6.93. The van der Waals surface area contributed by atoms with E-state index < -0.39 is 0 Å². The smallest absolute Gasteiger partial charge is 0.107 e. The van der Waals surface area contributed by atoms with Crippen molar-refractivity contribution in [3.8, 4) is 11.8 Å². The van der Waals surface area contributed by atoms with Crippen LogP contribution in [0.4, 0.5) is 0 Å². The van der Waals surface area contributed by atoms with Gasteiger partial charge >= 0.3 is 0 Å². The zero-order valence-electron chi connectivity index (χ0n) is 11.6. The fraction of sp³-hybridized carbons (Fsp3) is 0.857. The zero-order valence-corrected chi connectivity index (χ0v) is 11.6. The van der Waals surface area contributed by atoms with Crippen molar-refractivity contribution in [2.75, 3.05) is 26.4 Å². The molecule has 0 aromatic rings. The summed E-state index contributed by atoms with van der Waals surface area (Å²) in [4.78, 5) is 0. The second-order valence-corrected chi connectivity index (χ2v) is 6.22. The van der Waals surface area contributed by atoms with Gasteiger partial charge < -0.3 is 9.47 Å². The fourth-order valence-corrected chi connectivity index (χ4v) is 0.921. The molecule has 0 aromatic heterocycles. The third kappa shape index (κ3) is 13.5. The lowest BCUT2D eigenvalue weighted by Crippen LogP contribution is -2.16. The van der Waals surface area contributed by atoms with Gasteiger partial charge in [-0.3, -0.25) is 0 Å². The van der Waals surface area contributed by atoms with Crippen molar-refractivity contribution in [1.29, 1.82) is 0 Å². The molecule has 16 heavy (non-hydrogen) atoms. The Bertz CT molecular complexity index is 232.